The lowest BCUT2D eigenvalue weighted by Gasteiger charge is -2.14. The van der Waals surface area contributed by atoms with Crippen LogP contribution in [0.2, 0.25) is 0 Å². The van der Waals surface area contributed by atoms with Gasteiger partial charge in [0.1, 0.15) is 5.25 Å². The van der Waals surface area contributed by atoms with Crippen LogP contribution in [-0.4, -0.2) is 52.3 Å². The summed E-state index contributed by atoms with van der Waals surface area (Å²) in [6.07, 6.45) is 0. The first-order valence-electron chi connectivity index (χ1n) is 11.0. The van der Waals surface area contributed by atoms with Gasteiger partial charge in [-0.1, -0.05) is 12.1 Å². The van der Waals surface area contributed by atoms with Crippen molar-refractivity contribution in [3.05, 3.63) is 76.7 Å². The van der Waals surface area contributed by atoms with E-state index in [1.54, 1.807) is 43.3 Å². The normalized spacial score (nSPS) is 13.3. The molecular weight excluding hydrogens is 464 g/mol. The molecule has 0 aliphatic carbocycles. The van der Waals surface area contributed by atoms with Crippen molar-refractivity contribution in [2.24, 2.45) is 15.7 Å². The van der Waals surface area contributed by atoms with E-state index in [2.05, 4.69) is 22.0 Å². The second-order valence-corrected chi connectivity index (χ2v) is 9.83. The average Bonchev–Trinajstić information content (AvgIpc) is 2.86. The van der Waals surface area contributed by atoms with Crippen LogP contribution in [0.5, 0.6) is 0 Å². The number of nitrogens with one attached hydrogen (secondary N) is 3. The molecule has 0 aromatic heterocycles. The molecule has 0 amide bonds. The second-order valence-electron chi connectivity index (χ2n) is 7.82. The van der Waals surface area contributed by atoms with Crippen molar-refractivity contribution >= 4 is 35.4 Å². The summed E-state index contributed by atoms with van der Waals surface area (Å²) in [5.74, 6) is -0.789. The van der Waals surface area contributed by atoms with Crippen molar-refractivity contribution < 1.29 is 14.4 Å². The smallest absolute Gasteiger partial charge is 0.243 e. The van der Waals surface area contributed by atoms with E-state index in [1.165, 1.54) is 0 Å². The molecule has 0 radical (unpaired) electrons. The first-order valence-corrected chi connectivity index (χ1v) is 12.2. The van der Waals surface area contributed by atoms with E-state index in [9.17, 15) is 4.55 Å². The third-order valence-electron chi connectivity index (χ3n) is 4.88. The minimum absolute atomic E-state index is 0.00989. The summed E-state index contributed by atoms with van der Waals surface area (Å²) in [5.41, 5.74) is 8.60. The van der Waals surface area contributed by atoms with E-state index in [0.29, 0.717) is 24.4 Å². The molecule has 0 fully saturated rings. The van der Waals surface area contributed by atoms with E-state index in [0.717, 1.165) is 16.0 Å². The second kappa shape index (κ2) is 13.5. The van der Waals surface area contributed by atoms with Crippen molar-refractivity contribution in [3.8, 4) is 0 Å². The van der Waals surface area contributed by atoms with Gasteiger partial charge in [-0.05, 0) is 86.2 Å². The van der Waals surface area contributed by atoms with E-state index >= 15 is 0 Å². The van der Waals surface area contributed by atoms with Crippen LogP contribution < -0.4 is 11.1 Å². The van der Waals surface area contributed by atoms with Crippen LogP contribution in [0.4, 0.5) is 0 Å². The lowest BCUT2D eigenvalue weighted by atomic mass is 10.1. The third kappa shape index (κ3) is 8.15. The zero-order valence-electron chi connectivity index (χ0n) is 20.2. The fourth-order valence-corrected chi connectivity index (χ4v) is 3.88. The van der Waals surface area contributed by atoms with Crippen LogP contribution in [-0.2, 0) is 22.5 Å². The Bertz CT molecular complexity index is 1100. The zero-order valence-corrected chi connectivity index (χ0v) is 21.0. The summed E-state index contributed by atoms with van der Waals surface area (Å²) < 4.78 is 17.7. The Kier molecular flexibility index (Phi) is 10.8. The summed E-state index contributed by atoms with van der Waals surface area (Å²) in [6.45, 7) is 10.1. The minimum Gasteiger partial charge on any atom is -0.611 e. The van der Waals surface area contributed by atoms with Crippen LogP contribution in [0.1, 0.15) is 37.5 Å². The molecule has 1 atom stereocenters. The highest BCUT2D eigenvalue weighted by atomic mass is 32.2. The fourth-order valence-electron chi connectivity index (χ4n) is 2.93. The lowest BCUT2D eigenvalue weighted by molar-refractivity contribution is 0.292. The summed E-state index contributed by atoms with van der Waals surface area (Å²) in [6, 6.07) is 14.2. The number of hydrogen-bond donors (Lipinski definition) is 5. The zero-order chi connectivity index (χ0) is 26.0. The quantitative estimate of drug-likeness (QED) is 0.140. The highest BCUT2D eigenvalue weighted by molar-refractivity contribution is 7.92. The van der Waals surface area contributed by atoms with Gasteiger partial charge in [-0.3, -0.25) is 10.8 Å². The fraction of sp³-hybridized carbons (Fsp3) is 0.280. The van der Waals surface area contributed by atoms with Crippen LogP contribution in [0.25, 0.3) is 0 Å². The number of aliphatic hydroxyl groups is 1. The SMILES string of the molecule is C=N/C(N)=C(\N=C(/C)c1ccc([S+]([O-])C(C)C)cc1)C(=N)OC(=N)c1ccc(CNCCO)cc1. The van der Waals surface area contributed by atoms with E-state index in [-0.39, 0.29) is 29.3 Å². The highest BCUT2D eigenvalue weighted by Gasteiger charge is 2.17. The van der Waals surface area contributed by atoms with E-state index < -0.39 is 17.1 Å². The summed E-state index contributed by atoms with van der Waals surface area (Å²) in [7, 11) is 0. The van der Waals surface area contributed by atoms with Crippen LogP contribution in [0.15, 0.2) is 74.9 Å². The molecule has 6 N–H and O–H groups in total. The predicted octanol–water partition coefficient (Wildman–Crippen LogP) is 2.94. The summed E-state index contributed by atoms with van der Waals surface area (Å²) in [5, 5.41) is 28.5. The van der Waals surface area contributed by atoms with Gasteiger partial charge in [0.05, 0.1) is 6.61 Å². The Morgan fingerprint density at radius 3 is 2.29 bits per heavy atom. The minimum atomic E-state index is -1.10. The molecule has 2 aromatic rings. The third-order valence-corrected chi connectivity index (χ3v) is 6.47. The molecule has 9 nitrogen and oxygen atoms in total. The molecule has 0 bridgehead atoms. The van der Waals surface area contributed by atoms with Crippen molar-refractivity contribution in [3.63, 3.8) is 0 Å². The predicted molar refractivity (Wildman–Crippen MR) is 142 cm³/mol. The molecule has 0 aliphatic rings. The van der Waals surface area contributed by atoms with Crippen LogP contribution >= 0.6 is 0 Å². The molecule has 2 rings (SSSR count). The van der Waals surface area contributed by atoms with Crippen LogP contribution in [0.3, 0.4) is 0 Å². The molecule has 0 spiro atoms. The molecule has 186 valence electrons. The number of benzene rings is 2. The maximum atomic E-state index is 12.3. The standard InChI is InChI=1S/C25H32N6O3S/c1-16(2)35(33)21-11-9-19(10-12-21)17(3)31-22(23(26)29-4)25(28)34-24(27)20-7-5-18(6-8-20)15-30-13-14-32/h5-12,16,27-28,30,32H,4,13-15,26H2,1-3H3/b23-22-,27-24?,28-25?,31-17+. The van der Waals surface area contributed by atoms with Gasteiger partial charge in [0.25, 0.3) is 0 Å². The molecule has 1 unspecified atom stereocenters. The first kappa shape index (κ1) is 27.9. The molecule has 35 heavy (non-hydrogen) atoms. The molecule has 0 saturated carbocycles. The largest absolute Gasteiger partial charge is 0.611 e. The summed E-state index contributed by atoms with van der Waals surface area (Å²) in [4.78, 5) is 8.82. The van der Waals surface area contributed by atoms with Crippen molar-refractivity contribution in [2.75, 3.05) is 13.2 Å². The topological polar surface area (TPSA) is 163 Å². The number of nitrogens with two attached hydrogens (primary N) is 1. The Hall–Kier alpha value is -3.31. The molecule has 0 aliphatic heterocycles. The number of hydrogen-bond acceptors (Lipinski definition) is 9. The van der Waals surface area contributed by atoms with Gasteiger partial charge in [-0.15, -0.1) is 0 Å². The molecule has 2 aromatic carbocycles. The molecule has 0 saturated heterocycles. The van der Waals surface area contributed by atoms with E-state index in [1.807, 2.05) is 26.0 Å². The maximum absolute atomic E-state index is 12.3. The number of nitrogens with zero attached hydrogens (tertiary/aromatic N) is 2. The molecule has 10 heteroatoms. The Balaban J connectivity index is 2.17. The number of aliphatic imine (C=N–C) groups is 2. The van der Waals surface area contributed by atoms with Crippen molar-refractivity contribution in [1.29, 1.82) is 10.8 Å². The summed E-state index contributed by atoms with van der Waals surface area (Å²) >= 11 is -1.10. The van der Waals surface area contributed by atoms with Gasteiger partial charge >= 0.3 is 0 Å². The first-order chi connectivity index (χ1) is 16.7. The van der Waals surface area contributed by atoms with Crippen molar-refractivity contribution in [2.45, 2.75) is 37.5 Å². The van der Waals surface area contributed by atoms with Gasteiger partial charge < -0.3 is 25.4 Å². The number of ether oxygens (including phenoxy) is 1. The van der Waals surface area contributed by atoms with Gasteiger partial charge in [-0.2, -0.15) is 0 Å². The highest BCUT2D eigenvalue weighted by Crippen LogP contribution is 2.18. The van der Waals surface area contributed by atoms with Crippen LogP contribution in [0, 0.1) is 10.8 Å². The Morgan fingerprint density at radius 1 is 1.14 bits per heavy atom. The van der Waals surface area contributed by atoms with Crippen molar-refractivity contribution in [1.82, 2.24) is 5.32 Å². The Morgan fingerprint density at radius 2 is 1.74 bits per heavy atom. The number of aliphatic hydroxyl groups excluding tert-OH is 1. The van der Waals surface area contributed by atoms with Gasteiger partial charge in [0.15, 0.2) is 16.4 Å². The van der Waals surface area contributed by atoms with Gasteiger partial charge in [0.2, 0.25) is 11.8 Å². The van der Waals surface area contributed by atoms with Gasteiger partial charge in [0, 0.05) is 24.4 Å². The Labute approximate surface area is 209 Å². The average molecular weight is 497 g/mol. The van der Waals surface area contributed by atoms with Gasteiger partial charge in [-0.25, -0.2) is 9.98 Å². The van der Waals surface area contributed by atoms with E-state index in [4.69, 9.17) is 26.4 Å². The monoisotopic (exact) mass is 496 g/mol. The lowest BCUT2D eigenvalue weighted by Crippen LogP contribution is -2.18. The molecular formula is C25H32N6O3S. The number of rotatable bonds is 11. The maximum Gasteiger partial charge on any atom is 0.243 e. The molecule has 0 heterocycles.